The lowest BCUT2D eigenvalue weighted by atomic mass is 10.1. The largest absolute Gasteiger partial charge is 0.473 e. The molecule has 0 radical (unpaired) electrons. The summed E-state index contributed by atoms with van der Waals surface area (Å²) in [5, 5.41) is 7.98. The Bertz CT molecular complexity index is 812. The average molecular weight is 375 g/mol. The molecule has 1 aromatic carbocycles. The topological polar surface area (TPSA) is 72.4 Å². The van der Waals surface area contributed by atoms with E-state index < -0.39 is 10.0 Å². The lowest BCUT2D eigenvalue weighted by molar-refractivity contribution is 0.128. The van der Waals surface area contributed by atoms with E-state index in [0.29, 0.717) is 36.7 Å². The SMILES string of the molecule is CCCc1ccc(S(=O)(=O)N2CCC(Oc3ccc(C)nn3)CC2)cc1. The predicted octanol–water partition coefficient (Wildman–Crippen LogP) is 2.97. The summed E-state index contributed by atoms with van der Waals surface area (Å²) in [5.74, 6) is 0.489. The van der Waals surface area contributed by atoms with Gasteiger partial charge in [0, 0.05) is 19.2 Å². The van der Waals surface area contributed by atoms with Gasteiger partial charge >= 0.3 is 0 Å². The van der Waals surface area contributed by atoms with E-state index in [0.717, 1.165) is 24.1 Å². The van der Waals surface area contributed by atoms with Crippen LogP contribution in [-0.2, 0) is 16.4 Å². The van der Waals surface area contributed by atoms with E-state index in [9.17, 15) is 8.42 Å². The van der Waals surface area contributed by atoms with Crippen molar-refractivity contribution in [3.05, 3.63) is 47.7 Å². The number of hydrogen-bond acceptors (Lipinski definition) is 5. The molecule has 0 saturated carbocycles. The highest BCUT2D eigenvalue weighted by Gasteiger charge is 2.30. The van der Waals surface area contributed by atoms with Crippen LogP contribution in [0.25, 0.3) is 0 Å². The molecule has 140 valence electrons. The first-order chi connectivity index (χ1) is 12.5. The van der Waals surface area contributed by atoms with Crippen molar-refractivity contribution in [3.63, 3.8) is 0 Å². The van der Waals surface area contributed by atoms with Crippen LogP contribution in [0.2, 0.25) is 0 Å². The zero-order chi connectivity index (χ0) is 18.6. The molecule has 0 N–H and O–H groups in total. The van der Waals surface area contributed by atoms with E-state index in [-0.39, 0.29) is 6.10 Å². The lowest BCUT2D eigenvalue weighted by Gasteiger charge is -2.31. The predicted molar refractivity (Wildman–Crippen MR) is 99.6 cm³/mol. The van der Waals surface area contributed by atoms with Crippen molar-refractivity contribution in [1.29, 1.82) is 0 Å². The Morgan fingerprint density at radius 1 is 1.08 bits per heavy atom. The van der Waals surface area contributed by atoms with Crippen LogP contribution in [0.15, 0.2) is 41.3 Å². The molecule has 3 rings (SSSR count). The monoisotopic (exact) mass is 375 g/mol. The molecular weight excluding hydrogens is 350 g/mol. The second kappa shape index (κ2) is 8.14. The highest BCUT2D eigenvalue weighted by Crippen LogP contribution is 2.23. The van der Waals surface area contributed by atoms with Crippen LogP contribution >= 0.6 is 0 Å². The van der Waals surface area contributed by atoms with Crippen molar-refractivity contribution in [3.8, 4) is 5.88 Å². The first-order valence-electron chi connectivity index (χ1n) is 9.05. The molecule has 1 fully saturated rings. The fraction of sp³-hybridized carbons (Fsp3) is 0.474. The molecule has 0 amide bonds. The van der Waals surface area contributed by atoms with Crippen molar-refractivity contribution in [2.75, 3.05) is 13.1 Å². The average Bonchev–Trinajstić information content (AvgIpc) is 2.65. The maximum Gasteiger partial charge on any atom is 0.243 e. The van der Waals surface area contributed by atoms with Crippen LogP contribution in [0.3, 0.4) is 0 Å². The molecule has 1 aliphatic rings. The minimum atomic E-state index is -3.45. The van der Waals surface area contributed by atoms with Crippen LogP contribution in [0, 0.1) is 6.92 Å². The Morgan fingerprint density at radius 2 is 1.77 bits per heavy atom. The van der Waals surface area contributed by atoms with Gasteiger partial charge in [0.05, 0.1) is 10.6 Å². The van der Waals surface area contributed by atoms with Crippen molar-refractivity contribution in [1.82, 2.24) is 14.5 Å². The summed E-state index contributed by atoms with van der Waals surface area (Å²) in [6.45, 7) is 4.87. The summed E-state index contributed by atoms with van der Waals surface area (Å²) in [6, 6.07) is 10.9. The van der Waals surface area contributed by atoms with Gasteiger partial charge in [-0.1, -0.05) is 25.5 Å². The summed E-state index contributed by atoms with van der Waals surface area (Å²) < 4.78 is 33.0. The standard InChI is InChI=1S/C19H25N3O3S/c1-3-4-16-6-8-18(9-7-16)26(23,24)22-13-11-17(12-14-22)25-19-10-5-15(2)20-21-19/h5-10,17H,3-4,11-14H2,1-2H3. The van der Waals surface area contributed by atoms with E-state index in [4.69, 9.17) is 4.74 Å². The number of piperidine rings is 1. The second-order valence-corrected chi connectivity index (χ2v) is 8.57. The molecule has 2 heterocycles. The van der Waals surface area contributed by atoms with Gasteiger partial charge < -0.3 is 4.74 Å². The van der Waals surface area contributed by atoms with Gasteiger partial charge in [-0.3, -0.25) is 0 Å². The van der Waals surface area contributed by atoms with E-state index in [2.05, 4.69) is 17.1 Å². The number of benzene rings is 1. The van der Waals surface area contributed by atoms with Gasteiger partial charge in [-0.15, -0.1) is 5.10 Å². The van der Waals surface area contributed by atoms with E-state index in [1.54, 1.807) is 22.5 Å². The smallest absolute Gasteiger partial charge is 0.243 e. The molecule has 1 aromatic heterocycles. The van der Waals surface area contributed by atoms with E-state index in [1.807, 2.05) is 25.1 Å². The molecular formula is C19H25N3O3S. The van der Waals surface area contributed by atoms with Crippen molar-refractivity contribution in [2.24, 2.45) is 0 Å². The highest BCUT2D eigenvalue weighted by atomic mass is 32.2. The normalized spacial score (nSPS) is 16.5. The molecule has 26 heavy (non-hydrogen) atoms. The molecule has 0 atom stereocenters. The van der Waals surface area contributed by atoms with Gasteiger partial charge in [0.2, 0.25) is 15.9 Å². The first-order valence-corrected chi connectivity index (χ1v) is 10.5. The molecule has 1 aliphatic heterocycles. The maximum atomic E-state index is 12.8. The van der Waals surface area contributed by atoms with Crippen LogP contribution in [0.4, 0.5) is 0 Å². The molecule has 0 aliphatic carbocycles. The number of aryl methyl sites for hydroxylation is 2. The third-order valence-corrected chi connectivity index (χ3v) is 6.47. The van der Waals surface area contributed by atoms with E-state index in [1.165, 1.54) is 0 Å². The van der Waals surface area contributed by atoms with Crippen LogP contribution in [0.1, 0.15) is 37.4 Å². The zero-order valence-corrected chi connectivity index (χ0v) is 16.1. The van der Waals surface area contributed by atoms with Gasteiger partial charge in [0.1, 0.15) is 6.10 Å². The Morgan fingerprint density at radius 3 is 2.35 bits per heavy atom. The Labute approximate surface area is 155 Å². The number of aromatic nitrogens is 2. The Kier molecular flexibility index (Phi) is 5.88. The summed E-state index contributed by atoms with van der Waals surface area (Å²) in [6.07, 6.45) is 3.26. The third-order valence-electron chi connectivity index (χ3n) is 4.56. The first kappa shape index (κ1) is 18.8. The number of ether oxygens (including phenoxy) is 1. The van der Waals surface area contributed by atoms with Crippen molar-refractivity contribution in [2.45, 2.75) is 50.5 Å². The van der Waals surface area contributed by atoms with Crippen molar-refractivity contribution < 1.29 is 13.2 Å². The zero-order valence-electron chi connectivity index (χ0n) is 15.3. The third kappa shape index (κ3) is 4.40. The fourth-order valence-corrected chi connectivity index (χ4v) is 4.55. The molecule has 0 unspecified atom stereocenters. The molecule has 0 spiro atoms. The Hall–Kier alpha value is -1.99. The minimum Gasteiger partial charge on any atom is -0.473 e. The molecule has 6 nitrogen and oxygen atoms in total. The van der Waals surface area contributed by atoms with Crippen LogP contribution in [0.5, 0.6) is 5.88 Å². The second-order valence-electron chi connectivity index (χ2n) is 6.63. The molecule has 2 aromatic rings. The number of nitrogens with zero attached hydrogens (tertiary/aromatic N) is 3. The molecule has 1 saturated heterocycles. The summed E-state index contributed by atoms with van der Waals surface area (Å²) >= 11 is 0. The van der Waals surface area contributed by atoms with Crippen molar-refractivity contribution >= 4 is 10.0 Å². The van der Waals surface area contributed by atoms with Crippen LogP contribution in [-0.4, -0.2) is 42.1 Å². The number of sulfonamides is 1. The van der Waals surface area contributed by atoms with Gasteiger partial charge in [-0.25, -0.2) is 8.42 Å². The highest BCUT2D eigenvalue weighted by molar-refractivity contribution is 7.89. The lowest BCUT2D eigenvalue weighted by Crippen LogP contribution is -2.41. The Balaban J connectivity index is 1.60. The van der Waals surface area contributed by atoms with Gasteiger partial charge in [0.25, 0.3) is 0 Å². The van der Waals surface area contributed by atoms with Gasteiger partial charge in [0.15, 0.2) is 0 Å². The van der Waals surface area contributed by atoms with Gasteiger partial charge in [-0.2, -0.15) is 9.40 Å². The minimum absolute atomic E-state index is 0.0367. The summed E-state index contributed by atoms with van der Waals surface area (Å²) in [7, 11) is -3.45. The van der Waals surface area contributed by atoms with E-state index >= 15 is 0 Å². The number of rotatable bonds is 6. The summed E-state index contributed by atoms with van der Waals surface area (Å²) in [5.41, 5.74) is 2.00. The summed E-state index contributed by atoms with van der Waals surface area (Å²) in [4.78, 5) is 0.362. The van der Waals surface area contributed by atoms with Gasteiger partial charge in [-0.05, 0) is 49.9 Å². The number of hydrogen-bond donors (Lipinski definition) is 0. The molecule has 7 heteroatoms. The maximum absolute atomic E-state index is 12.8. The van der Waals surface area contributed by atoms with Crippen LogP contribution < -0.4 is 4.74 Å². The quantitative estimate of drug-likeness (QED) is 0.776. The fourth-order valence-electron chi connectivity index (χ4n) is 3.08. The molecule has 0 bridgehead atoms.